The van der Waals surface area contributed by atoms with Crippen molar-refractivity contribution in [3.05, 3.63) is 58.3 Å². The molecule has 2 aromatic carbocycles. The number of nitrogens with zero attached hydrogens (tertiary/aromatic N) is 4. The van der Waals surface area contributed by atoms with Crippen LogP contribution < -0.4 is 10.1 Å². The zero-order valence-electron chi connectivity index (χ0n) is 14.4. The zero-order valence-corrected chi connectivity index (χ0v) is 16.8. The molecule has 0 radical (unpaired) electrons. The van der Waals surface area contributed by atoms with Gasteiger partial charge in [0.25, 0.3) is 5.91 Å². The first-order valence-corrected chi connectivity index (χ1v) is 9.59. The van der Waals surface area contributed by atoms with E-state index in [1.54, 1.807) is 24.0 Å². The molecule has 2 heterocycles. The first kappa shape index (κ1) is 17.6. The highest BCUT2D eigenvalue weighted by Crippen LogP contribution is 2.30. The smallest absolute Gasteiger partial charge is 0.259 e. The lowest BCUT2D eigenvalue weighted by molar-refractivity contribution is 0.102. The third-order valence-corrected chi connectivity index (χ3v) is 5.36. The molecule has 0 spiro atoms. The van der Waals surface area contributed by atoms with E-state index in [4.69, 9.17) is 4.74 Å². The van der Waals surface area contributed by atoms with Gasteiger partial charge in [-0.15, -0.1) is 10.2 Å². The summed E-state index contributed by atoms with van der Waals surface area (Å²) in [4.78, 5) is 13.5. The molecule has 0 fully saturated rings. The quantitative estimate of drug-likeness (QED) is 0.511. The van der Waals surface area contributed by atoms with Crippen LogP contribution in [-0.2, 0) is 0 Å². The fourth-order valence-corrected chi connectivity index (χ4v) is 4.16. The first-order valence-electron chi connectivity index (χ1n) is 7.98. The van der Waals surface area contributed by atoms with Crippen LogP contribution in [0.5, 0.6) is 5.75 Å². The molecule has 0 aliphatic rings. The lowest BCUT2D eigenvalue weighted by Gasteiger charge is -2.13. The number of fused-ring (bicyclic) bond motifs is 1. The molecule has 2 aromatic heterocycles. The number of carbonyl (C=O) groups is 1. The average Bonchev–Trinajstić information content (AvgIpc) is 3.23. The van der Waals surface area contributed by atoms with Crippen LogP contribution in [0.2, 0.25) is 0 Å². The minimum atomic E-state index is -0.244. The number of rotatable bonds is 4. The maximum Gasteiger partial charge on any atom is 0.259 e. The number of anilines is 1. The number of halogens is 1. The predicted molar refractivity (Wildman–Crippen MR) is 107 cm³/mol. The lowest BCUT2D eigenvalue weighted by Crippen LogP contribution is -2.14. The normalized spacial score (nSPS) is 10.9. The standard InChI is InChI=1S/C18H14BrN5O2S/c1-10-6-12(19)8-14(15(10)26-2)16(25)21-13-5-3-4-11(7-13)17-23-24-9-20-22-18(24)27-17/h3-9H,1-2H3,(H,21,25). The van der Waals surface area contributed by atoms with Crippen molar-refractivity contribution in [1.29, 1.82) is 0 Å². The molecule has 27 heavy (non-hydrogen) atoms. The third-order valence-electron chi connectivity index (χ3n) is 3.94. The highest BCUT2D eigenvalue weighted by molar-refractivity contribution is 9.10. The van der Waals surface area contributed by atoms with Crippen LogP contribution in [0.1, 0.15) is 15.9 Å². The Balaban J connectivity index is 1.64. The van der Waals surface area contributed by atoms with E-state index in [1.165, 1.54) is 11.3 Å². The van der Waals surface area contributed by atoms with Crippen molar-refractivity contribution in [2.45, 2.75) is 6.92 Å². The molecular formula is C18H14BrN5O2S. The molecular weight excluding hydrogens is 430 g/mol. The Morgan fingerprint density at radius 2 is 2.15 bits per heavy atom. The van der Waals surface area contributed by atoms with Crippen LogP contribution in [0.25, 0.3) is 15.5 Å². The Kier molecular flexibility index (Phi) is 4.63. The highest BCUT2D eigenvalue weighted by atomic mass is 79.9. The second-order valence-corrected chi connectivity index (χ2v) is 7.68. The Labute approximate surface area is 167 Å². The number of aromatic nitrogens is 4. The molecule has 4 rings (SSSR count). The summed E-state index contributed by atoms with van der Waals surface area (Å²) in [6.07, 6.45) is 1.56. The van der Waals surface area contributed by atoms with Gasteiger partial charge in [0.15, 0.2) is 0 Å². The van der Waals surface area contributed by atoms with Gasteiger partial charge in [0.05, 0.1) is 12.7 Å². The number of benzene rings is 2. The van der Waals surface area contributed by atoms with E-state index < -0.39 is 0 Å². The summed E-state index contributed by atoms with van der Waals surface area (Å²) >= 11 is 4.86. The van der Waals surface area contributed by atoms with Crippen molar-refractivity contribution in [2.75, 3.05) is 12.4 Å². The summed E-state index contributed by atoms with van der Waals surface area (Å²) in [6, 6.07) is 11.2. The number of aryl methyl sites for hydroxylation is 1. The second-order valence-electron chi connectivity index (χ2n) is 5.80. The largest absolute Gasteiger partial charge is 0.496 e. The van der Waals surface area contributed by atoms with Gasteiger partial charge in [0, 0.05) is 15.7 Å². The summed E-state index contributed by atoms with van der Waals surface area (Å²) in [5.74, 6) is 0.312. The van der Waals surface area contributed by atoms with Crippen LogP contribution in [0.4, 0.5) is 5.69 Å². The van der Waals surface area contributed by atoms with Gasteiger partial charge in [0.2, 0.25) is 4.96 Å². The molecule has 136 valence electrons. The van der Waals surface area contributed by atoms with Crippen molar-refractivity contribution >= 4 is 43.8 Å². The van der Waals surface area contributed by atoms with E-state index in [-0.39, 0.29) is 5.91 Å². The van der Waals surface area contributed by atoms with Crippen molar-refractivity contribution in [3.63, 3.8) is 0 Å². The van der Waals surface area contributed by atoms with E-state index in [0.29, 0.717) is 22.0 Å². The third kappa shape index (κ3) is 3.43. The van der Waals surface area contributed by atoms with E-state index in [2.05, 4.69) is 36.5 Å². The van der Waals surface area contributed by atoms with Crippen LogP contribution in [0.3, 0.4) is 0 Å². The Morgan fingerprint density at radius 1 is 1.30 bits per heavy atom. The van der Waals surface area contributed by atoms with Gasteiger partial charge in [-0.05, 0) is 36.8 Å². The van der Waals surface area contributed by atoms with E-state index in [0.717, 1.165) is 20.6 Å². The molecule has 0 saturated heterocycles. The molecule has 4 aromatic rings. The maximum absolute atomic E-state index is 12.8. The summed E-state index contributed by atoms with van der Waals surface area (Å²) in [5, 5.41) is 16.0. The number of hydrogen-bond donors (Lipinski definition) is 1. The van der Waals surface area contributed by atoms with Gasteiger partial charge >= 0.3 is 0 Å². The number of methoxy groups -OCH3 is 1. The summed E-state index contributed by atoms with van der Waals surface area (Å²) in [5.41, 5.74) is 2.91. The fourth-order valence-electron chi connectivity index (χ4n) is 2.77. The highest BCUT2D eigenvalue weighted by Gasteiger charge is 2.16. The van der Waals surface area contributed by atoms with Crippen molar-refractivity contribution in [1.82, 2.24) is 19.8 Å². The SMILES string of the molecule is COc1c(C)cc(Br)cc1C(=O)Nc1cccc(-c2nn3cnnc3s2)c1. The van der Waals surface area contributed by atoms with Gasteiger partial charge in [-0.3, -0.25) is 4.79 Å². The molecule has 1 amide bonds. The number of carbonyl (C=O) groups excluding carboxylic acids is 1. The lowest BCUT2D eigenvalue weighted by atomic mass is 10.1. The molecule has 7 nitrogen and oxygen atoms in total. The number of amides is 1. The van der Waals surface area contributed by atoms with Crippen molar-refractivity contribution in [2.24, 2.45) is 0 Å². The van der Waals surface area contributed by atoms with Crippen LogP contribution in [-0.4, -0.2) is 32.8 Å². The van der Waals surface area contributed by atoms with Crippen LogP contribution >= 0.6 is 27.3 Å². The summed E-state index contributed by atoms with van der Waals surface area (Å²) in [6.45, 7) is 1.90. The Morgan fingerprint density at radius 3 is 2.93 bits per heavy atom. The second kappa shape index (κ2) is 7.09. The average molecular weight is 444 g/mol. The summed E-state index contributed by atoms with van der Waals surface area (Å²) in [7, 11) is 1.56. The Bertz CT molecular complexity index is 1130. The fraction of sp³-hybridized carbons (Fsp3) is 0.111. The predicted octanol–water partition coefficient (Wildman–Crippen LogP) is 4.18. The number of ether oxygens (including phenoxy) is 1. The molecule has 0 atom stereocenters. The van der Waals surface area contributed by atoms with Gasteiger partial charge in [-0.25, -0.2) is 0 Å². The first-order chi connectivity index (χ1) is 13.0. The molecule has 0 aliphatic heterocycles. The van der Waals surface area contributed by atoms with Gasteiger partial charge in [0.1, 0.15) is 17.1 Å². The minimum absolute atomic E-state index is 0.244. The van der Waals surface area contributed by atoms with E-state index in [9.17, 15) is 4.79 Å². The van der Waals surface area contributed by atoms with E-state index in [1.807, 2.05) is 37.3 Å². The van der Waals surface area contributed by atoms with E-state index >= 15 is 0 Å². The van der Waals surface area contributed by atoms with Crippen LogP contribution in [0, 0.1) is 6.92 Å². The Hall–Kier alpha value is -2.78. The van der Waals surface area contributed by atoms with Gasteiger partial charge in [-0.1, -0.05) is 39.4 Å². The molecule has 0 aliphatic carbocycles. The minimum Gasteiger partial charge on any atom is -0.496 e. The number of hydrogen-bond acceptors (Lipinski definition) is 6. The molecule has 0 unspecified atom stereocenters. The molecule has 9 heteroatoms. The van der Waals surface area contributed by atoms with Gasteiger partial charge < -0.3 is 10.1 Å². The van der Waals surface area contributed by atoms with Crippen LogP contribution in [0.15, 0.2) is 47.2 Å². The molecule has 1 N–H and O–H groups in total. The topological polar surface area (TPSA) is 81.4 Å². The zero-order chi connectivity index (χ0) is 19.0. The maximum atomic E-state index is 12.8. The van der Waals surface area contributed by atoms with Crippen molar-refractivity contribution in [3.8, 4) is 16.3 Å². The van der Waals surface area contributed by atoms with Crippen molar-refractivity contribution < 1.29 is 9.53 Å². The summed E-state index contributed by atoms with van der Waals surface area (Å²) < 4.78 is 7.85. The monoisotopic (exact) mass is 443 g/mol. The molecule has 0 saturated carbocycles. The number of nitrogens with one attached hydrogen (secondary N) is 1. The van der Waals surface area contributed by atoms with Gasteiger partial charge in [-0.2, -0.15) is 9.61 Å². The molecule has 0 bridgehead atoms.